The van der Waals surface area contributed by atoms with Crippen LogP contribution in [0.15, 0.2) is 28.7 Å². The number of amides is 1. The fourth-order valence-electron chi connectivity index (χ4n) is 1.46. The first kappa shape index (κ1) is 13.5. The Labute approximate surface area is 116 Å². The Morgan fingerprint density at radius 3 is 2.84 bits per heavy atom. The van der Waals surface area contributed by atoms with E-state index in [0.717, 1.165) is 0 Å². The molecule has 100 valence electrons. The summed E-state index contributed by atoms with van der Waals surface area (Å²) in [5, 5.41) is 11.0. The van der Waals surface area contributed by atoms with Gasteiger partial charge in [0.05, 0.1) is 6.54 Å². The topological polar surface area (TPSA) is 68.0 Å². The third kappa shape index (κ3) is 3.54. The van der Waals surface area contributed by atoms with E-state index in [1.54, 1.807) is 24.3 Å². The Morgan fingerprint density at radius 2 is 2.21 bits per heavy atom. The zero-order valence-corrected chi connectivity index (χ0v) is 11.4. The highest BCUT2D eigenvalue weighted by atomic mass is 35.5. The van der Waals surface area contributed by atoms with E-state index < -0.39 is 0 Å². The molecule has 0 fully saturated rings. The number of nitrogens with one attached hydrogen (secondary N) is 1. The predicted molar refractivity (Wildman–Crippen MR) is 71.0 cm³/mol. The molecule has 0 radical (unpaired) electrons. The molecule has 0 aliphatic carbocycles. The molecule has 19 heavy (non-hydrogen) atoms. The Balaban J connectivity index is 1.96. The van der Waals surface area contributed by atoms with Crippen LogP contribution in [0.3, 0.4) is 0 Å². The second-order valence-corrected chi connectivity index (χ2v) is 4.82. The third-order valence-corrected chi connectivity index (χ3v) is 2.70. The second-order valence-electron chi connectivity index (χ2n) is 4.38. The van der Waals surface area contributed by atoms with Gasteiger partial charge in [-0.25, -0.2) is 0 Å². The lowest BCUT2D eigenvalue weighted by Crippen LogP contribution is -2.22. The summed E-state index contributed by atoms with van der Waals surface area (Å²) in [5.74, 6) is 0.891. The first-order valence-electron chi connectivity index (χ1n) is 5.92. The molecule has 0 bridgehead atoms. The molecule has 0 aliphatic heterocycles. The monoisotopic (exact) mass is 279 g/mol. The number of carbonyl (C=O) groups excluding carboxylic acids is 1. The standard InChI is InChI=1S/C13H14ClN3O2/c1-8(2)13-17-16-11(19-13)7-15-12(18)9-4-3-5-10(14)6-9/h3-6,8H,7H2,1-2H3,(H,15,18). The fraction of sp³-hybridized carbons (Fsp3) is 0.308. The summed E-state index contributed by atoms with van der Waals surface area (Å²) >= 11 is 5.82. The van der Waals surface area contributed by atoms with Crippen LogP contribution in [0.4, 0.5) is 0 Å². The Hall–Kier alpha value is -1.88. The van der Waals surface area contributed by atoms with Crippen molar-refractivity contribution in [2.75, 3.05) is 0 Å². The van der Waals surface area contributed by atoms with Crippen LogP contribution in [0.2, 0.25) is 5.02 Å². The van der Waals surface area contributed by atoms with Crippen molar-refractivity contribution in [3.63, 3.8) is 0 Å². The molecule has 0 atom stereocenters. The van der Waals surface area contributed by atoms with Crippen molar-refractivity contribution in [2.24, 2.45) is 0 Å². The highest BCUT2D eigenvalue weighted by Gasteiger charge is 2.11. The molecule has 1 heterocycles. The summed E-state index contributed by atoms with van der Waals surface area (Å²) in [6.07, 6.45) is 0. The van der Waals surface area contributed by atoms with Crippen LogP contribution in [0, 0.1) is 0 Å². The van der Waals surface area contributed by atoms with Gasteiger partial charge in [0, 0.05) is 16.5 Å². The minimum Gasteiger partial charge on any atom is -0.423 e. The van der Waals surface area contributed by atoms with Crippen LogP contribution < -0.4 is 5.32 Å². The molecule has 1 aromatic carbocycles. The molecule has 0 spiro atoms. The maximum absolute atomic E-state index is 11.9. The number of nitrogens with zero attached hydrogens (tertiary/aromatic N) is 2. The second kappa shape index (κ2) is 5.84. The smallest absolute Gasteiger partial charge is 0.251 e. The number of aromatic nitrogens is 2. The van der Waals surface area contributed by atoms with Gasteiger partial charge in [-0.05, 0) is 18.2 Å². The van der Waals surface area contributed by atoms with Gasteiger partial charge in [-0.1, -0.05) is 31.5 Å². The largest absolute Gasteiger partial charge is 0.423 e. The molecule has 1 N–H and O–H groups in total. The van der Waals surface area contributed by atoms with Crippen LogP contribution in [-0.4, -0.2) is 16.1 Å². The summed E-state index contributed by atoms with van der Waals surface area (Å²) in [4.78, 5) is 11.9. The lowest BCUT2D eigenvalue weighted by atomic mass is 10.2. The van der Waals surface area contributed by atoms with Crippen LogP contribution >= 0.6 is 11.6 Å². The Morgan fingerprint density at radius 1 is 1.42 bits per heavy atom. The van der Waals surface area contributed by atoms with Gasteiger partial charge in [-0.15, -0.1) is 10.2 Å². The molecular formula is C13H14ClN3O2. The zero-order valence-electron chi connectivity index (χ0n) is 10.7. The summed E-state index contributed by atoms with van der Waals surface area (Å²) in [5.41, 5.74) is 0.496. The molecular weight excluding hydrogens is 266 g/mol. The summed E-state index contributed by atoms with van der Waals surface area (Å²) in [7, 11) is 0. The molecule has 0 saturated heterocycles. The van der Waals surface area contributed by atoms with Crippen LogP contribution in [0.25, 0.3) is 0 Å². The minimum atomic E-state index is -0.230. The molecule has 1 aromatic heterocycles. The van der Waals surface area contributed by atoms with Gasteiger partial charge < -0.3 is 9.73 Å². The average Bonchev–Trinajstić information content (AvgIpc) is 2.85. The summed E-state index contributed by atoms with van der Waals surface area (Å²) < 4.78 is 5.39. The van der Waals surface area contributed by atoms with Crippen LogP contribution in [-0.2, 0) is 6.54 Å². The molecule has 0 saturated carbocycles. The van der Waals surface area contributed by atoms with Crippen molar-refractivity contribution in [3.8, 4) is 0 Å². The first-order valence-corrected chi connectivity index (χ1v) is 6.30. The lowest BCUT2D eigenvalue weighted by Gasteiger charge is -2.02. The van der Waals surface area contributed by atoms with Gasteiger partial charge in [-0.2, -0.15) is 0 Å². The van der Waals surface area contributed by atoms with E-state index in [4.69, 9.17) is 16.0 Å². The highest BCUT2D eigenvalue weighted by molar-refractivity contribution is 6.30. The maximum atomic E-state index is 11.9. The summed E-state index contributed by atoms with van der Waals surface area (Å²) in [6.45, 7) is 4.12. The van der Waals surface area contributed by atoms with Gasteiger partial charge in [0.2, 0.25) is 11.8 Å². The lowest BCUT2D eigenvalue weighted by molar-refractivity contribution is 0.0947. The fourth-order valence-corrected chi connectivity index (χ4v) is 1.65. The molecule has 0 aliphatic rings. The maximum Gasteiger partial charge on any atom is 0.251 e. The molecule has 1 amide bonds. The number of hydrogen-bond acceptors (Lipinski definition) is 4. The molecule has 2 aromatic rings. The number of rotatable bonds is 4. The number of carbonyl (C=O) groups is 1. The number of halogens is 1. The third-order valence-electron chi connectivity index (χ3n) is 2.46. The van der Waals surface area contributed by atoms with Gasteiger partial charge in [0.25, 0.3) is 5.91 Å². The average molecular weight is 280 g/mol. The molecule has 2 rings (SSSR count). The normalized spacial score (nSPS) is 10.7. The van der Waals surface area contributed by atoms with E-state index in [9.17, 15) is 4.79 Å². The van der Waals surface area contributed by atoms with Crippen molar-refractivity contribution < 1.29 is 9.21 Å². The quantitative estimate of drug-likeness (QED) is 0.934. The summed E-state index contributed by atoms with van der Waals surface area (Å²) in [6, 6.07) is 6.73. The highest BCUT2D eigenvalue weighted by Crippen LogP contribution is 2.12. The van der Waals surface area contributed by atoms with Crippen molar-refractivity contribution in [3.05, 3.63) is 46.6 Å². The molecule has 6 heteroatoms. The van der Waals surface area contributed by atoms with E-state index in [2.05, 4.69) is 15.5 Å². The van der Waals surface area contributed by atoms with Crippen molar-refractivity contribution >= 4 is 17.5 Å². The van der Waals surface area contributed by atoms with Crippen LogP contribution in [0.5, 0.6) is 0 Å². The van der Waals surface area contributed by atoms with E-state index in [1.807, 2.05) is 13.8 Å². The first-order chi connectivity index (χ1) is 9.06. The number of hydrogen-bond donors (Lipinski definition) is 1. The SMILES string of the molecule is CC(C)c1nnc(CNC(=O)c2cccc(Cl)c2)o1. The van der Waals surface area contributed by atoms with Gasteiger partial charge in [0.15, 0.2) is 0 Å². The predicted octanol–water partition coefficient (Wildman–Crippen LogP) is 2.78. The van der Waals surface area contributed by atoms with Crippen molar-refractivity contribution in [1.82, 2.24) is 15.5 Å². The van der Waals surface area contributed by atoms with E-state index in [0.29, 0.717) is 22.4 Å². The molecule has 5 nitrogen and oxygen atoms in total. The van der Waals surface area contributed by atoms with Crippen molar-refractivity contribution in [1.29, 1.82) is 0 Å². The van der Waals surface area contributed by atoms with Gasteiger partial charge in [-0.3, -0.25) is 4.79 Å². The van der Waals surface area contributed by atoms with Crippen molar-refractivity contribution in [2.45, 2.75) is 26.3 Å². The number of benzene rings is 1. The minimum absolute atomic E-state index is 0.171. The molecule has 0 unspecified atom stereocenters. The van der Waals surface area contributed by atoms with Gasteiger partial charge >= 0.3 is 0 Å². The Kier molecular flexibility index (Phi) is 4.16. The van der Waals surface area contributed by atoms with E-state index in [-0.39, 0.29) is 18.4 Å². The zero-order chi connectivity index (χ0) is 13.8. The Bertz CT molecular complexity index is 581. The van der Waals surface area contributed by atoms with E-state index >= 15 is 0 Å². The van der Waals surface area contributed by atoms with E-state index in [1.165, 1.54) is 0 Å². The van der Waals surface area contributed by atoms with Crippen LogP contribution in [0.1, 0.15) is 41.9 Å². The van der Waals surface area contributed by atoms with Gasteiger partial charge in [0.1, 0.15) is 0 Å².